The number of carbonyl (C=O) groups is 2. The van der Waals surface area contributed by atoms with Crippen molar-refractivity contribution in [2.45, 2.75) is 271 Å². The minimum absolute atomic E-state index is 0.0714. The Hall–Kier alpha value is -2.66. The molecule has 0 aromatic rings. The number of hydrogen-bond acceptors (Lipinski definition) is 5. The highest BCUT2D eigenvalue weighted by atomic mass is 16.6. The topological polar surface area (TPSA) is 61.8 Å². The van der Waals surface area contributed by atoms with Crippen molar-refractivity contribution in [3.8, 4) is 0 Å². The molecule has 1 unspecified atom stereocenters. The summed E-state index contributed by atoms with van der Waals surface area (Å²) in [4.78, 5) is 25.5. The lowest BCUT2D eigenvalue weighted by Crippen LogP contribution is -2.30. The van der Waals surface area contributed by atoms with Crippen molar-refractivity contribution in [3.05, 3.63) is 72.9 Å². The summed E-state index contributed by atoms with van der Waals surface area (Å²) >= 11 is 0. The van der Waals surface area contributed by atoms with Gasteiger partial charge in [-0.05, 0) is 89.9 Å². The molecule has 0 heterocycles. The third-order valence-corrected chi connectivity index (χ3v) is 11.7. The Morgan fingerprint density at radius 3 is 1.16 bits per heavy atom. The van der Waals surface area contributed by atoms with E-state index >= 15 is 0 Å². The maximum Gasteiger partial charge on any atom is 0.306 e. The monoisotopic (exact) mass is 893 g/mol. The molecular weight excluding hydrogens is 789 g/mol. The van der Waals surface area contributed by atoms with Gasteiger partial charge in [-0.2, -0.15) is 0 Å². The molecule has 5 nitrogen and oxygen atoms in total. The van der Waals surface area contributed by atoms with Crippen molar-refractivity contribution in [2.24, 2.45) is 0 Å². The average molecular weight is 893 g/mol. The third kappa shape index (κ3) is 52.0. The molecule has 5 heteroatoms. The van der Waals surface area contributed by atoms with Crippen molar-refractivity contribution < 1.29 is 23.8 Å². The second-order valence-corrected chi connectivity index (χ2v) is 18.1. The molecule has 0 fully saturated rings. The van der Waals surface area contributed by atoms with E-state index in [9.17, 15) is 9.59 Å². The molecule has 0 bridgehead atoms. The molecule has 1 atom stereocenters. The maximum absolute atomic E-state index is 12.8. The van der Waals surface area contributed by atoms with E-state index in [0.717, 1.165) is 96.3 Å². The van der Waals surface area contributed by atoms with Crippen molar-refractivity contribution in [1.29, 1.82) is 0 Å². The zero-order chi connectivity index (χ0) is 46.3. The van der Waals surface area contributed by atoms with Crippen LogP contribution in [0, 0.1) is 0 Å². The summed E-state index contributed by atoms with van der Waals surface area (Å²) in [6.07, 6.45) is 70.5. The number of hydrogen-bond donors (Lipinski definition) is 0. The zero-order valence-electron chi connectivity index (χ0n) is 42.5. The lowest BCUT2D eigenvalue weighted by molar-refractivity contribution is -0.163. The van der Waals surface area contributed by atoms with Crippen LogP contribution in [0.2, 0.25) is 0 Å². The Kier molecular flexibility index (Phi) is 52.4. The van der Waals surface area contributed by atoms with Gasteiger partial charge < -0.3 is 14.2 Å². The van der Waals surface area contributed by atoms with E-state index in [1.807, 2.05) is 0 Å². The molecule has 0 aromatic heterocycles. The first-order chi connectivity index (χ1) is 31.6. The number of rotatable bonds is 50. The first kappa shape index (κ1) is 61.3. The second-order valence-electron chi connectivity index (χ2n) is 18.1. The van der Waals surface area contributed by atoms with Gasteiger partial charge in [0, 0.05) is 19.4 Å². The average Bonchev–Trinajstić information content (AvgIpc) is 3.30. The van der Waals surface area contributed by atoms with E-state index in [2.05, 4.69) is 93.7 Å². The summed E-state index contributed by atoms with van der Waals surface area (Å²) in [5.74, 6) is -0.424. The van der Waals surface area contributed by atoms with Gasteiger partial charge in [0.1, 0.15) is 6.61 Å². The summed E-state index contributed by atoms with van der Waals surface area (Å²) in [5, 5.41) is 0. The van der Waals surface area contributed by atoms with Gasteiger partial charge in [-0.1, -0.05) is 235 Å². The smallest absolute Gasteiger partial charge is 0.306 e. The molecule has 0 aliphatic heterocycles. The Bertz CT molecular complexity index is 1150. The van der Waals surface area contributed by atoms with Crippen LogP contribution in [-0.2, 0) is 23.8 Å². The van der Waals surface area contributed by atoms with E-state index in [1.54, 1.807) is 0 Å². The Balaban J connectivity index is 4.30. The number of carbonyl (C=O) groups excluding carboxylic acids is 2. The van der Waals surface area contributed by atoms with Crippen LogP contribution in [0.4, 0.5) is 0 Å². The number of esters is 2. The van der Waals surface area contributed by atoms with Gasteiger partial charge in [0.05, 0.1) is 6.61 Å². The quantitative estimate of drug-likeness (QED) is 0.0346. The molecule has 0 amide bonds. The summed E-state index contributed by atoms with van der Waals surface area (Å²) in [7, 11) is 0. The van der Waals surface area contributed by atoms with Gasteiger partial charge in [0.25, 0.3) is 0 Å². The van der Waals surface area contributed by atoms with E-state index < -0.39 is 6.10 Å². The first-order valence-corrected chi connectivity index (χ1v) is 27.5. The van der Waals surface area contributed by atoms with Gasteiger partial charge in [-0.15, -0.1) is 0 Å². The highest BCUT2D eigenvalue weighted by Gasteiger charge is 2.17. The van der Waals surface area contributed by atoms with Gasteiger partial charge in [-0.3, -0.25) is 9.59 Å². The molecular formula is C59H104O5. The Morgan fingerprint density at radius 1 is 0.359 bits per heavy atom. The largest absolute Gasteiger partial charge is 0.462 e. The molecule has 0 radical (unpaired) electrons. The third-order valence-electron chi connectivity index (χ3n) is 11.7. The molecule has 0 spiro atoms. The molecule has 0 N–H and O–H groups in total. The Labute approximate surface area is 397 Å². The standard InChI is InChI=1S/C59H104O5/c1-4-7-10-13-16-19-22-25-28-29-30-31-33-34-37-40-43-46-49-52-58(60)63-56-57(55-62-54-51-48-45-42-39-36-27-24-21-18-15-12-9-6-3)64-59(61)53-50-47-44-41-38-35-32-26-23-20-17-14-11-8-5-2/h8,11,16-17,19-20,25-26,28,30-32,57H,4-7,9-10,12-15,18,21-24,27,29,33-56H2,1-3H3/b11-8-,19-16-,20-17-,28-25-,31-30-,32-26-. The predicted molar refractivity (Wildman–Crippen MR) is 279 cm³/mol. The van der Waals surface area contributed by atoms with E-state index in [1.165, 1.54) is 135 Å². The van der Waals surface area contributed by atoms with E-state index in [4.69, 9.17) is 14.2 Å². The van der Waals surface area contributed by atoms with Gasteiger partial charge in [0.15, 0.2) is 6.10 Å². The normalized spacial score (nSPS) is 12.7. The molecule has 370 valence electrons. The molecule has 0 rings (SSSR count). The number of unbranched alkanes of at least 4 members (excludes halogenated alkanes) is 27. The maximum atomic E-state index is 12.8. The summed E-state index contributed by atoms with van der Waals surface area (Å²) < 4.78 is 17.4. The lowest BCUT2D eigenvalue weighted by Gasteiger charge is -2.18. The van der Waals surface area contributed by atoms with E-state index in [-0.39, 0.29) is 25.2 Å². The van der Waals surface area contributed by atoms with Crippen molar-refractivity contribution >= 4 is 11.9 Å². The fourth-order valence-corrected chi connectivity index (χ4v) is 7.65. The fourth-order valence-electron chi connectivity index (χ4n) is 7.65. The summed E-state index contributed by atoms with van der Waals surface area (Å²) in [6.45, 7) is 7.69. The van der Waals surface area contributed by atoms with Crippen molar-refractivity contribution in [2.75, 3.05) is 19.8 Å². The number of allylic oxidation sites excluding steroid dienone is 12. The van der Waals surface area contributed by atoms with Crippen LogP contribution in [0.25, 0.3) is 0 Å². The van der Waals surface area contributed by atoms with Crippen LogP contribution >= 0.6 is 0 Å². The molecule has 64 heavy (non-hydrogen) atoms. The minimum atomic E-state index is -0.551. The fraction of sp³-hybridized carbons (Fsp3) is 0.763. The highest BCUT2D eigenvalue weighted by Crippen LogP contribution is 2.15. The van der Waals surface area contributed by atoms with Crippen LogP contribution in [-0.4, -0.2) is 37.9 Å². The van der Waals surface area contributed by atoms with Crippen LogP contribution in [0.1, 0.15) is 265 Å². The summed E-state index contributed by atoms with van der Waals surface area (Å²) in [5.41, 5.74) is 0. The zero-order valence-corrected chi connectivity index (χ0v) is 42.5. The van der Waals surface area contributed by atoms with Gasteiger partial charge in [-0.25, -0.2) is 0 Å². The molecule has 0 saturated carbocycles. The van der Waals surface area contributed by atoms with Crippen LogP contribution in [0.5, 0.6) is 0 Å². The first-order valence-electron chi connectivity index (χ1n) is 27.5. The predicted octanol–water partition coefficient (Wildman–Crippen LogP) is 18.7. The van der Waals surface area contributed by atoms with Crippen LogP contribution < -0.4 is 0 Å². The van der Waals surface area contributed by atoms with Gasteiger partial charge in [0.2, 0.25) is 0 Å². The van der Waals surface area contributed by atoms with Crippen LogP contribution in [0.3, 0.4) is 0 Å². The lowest BCUT2D eigenvalue weighted by atomic mass is 10.0. The minimum Gasteiger partial charge on any atom is -0.462 e. The number of ether oxygens (including phenoxy) is 3. The highest BCUT2D eigenvalue weighted by molar-refractivity contribution is 5.70. The Morgan fingerprint density at radius 2 is 0.703 bits per heavy atom. The summed E-state index contributed by atoms with van der Waals surface area (Å²) in [6, 6.07) is 0. The van der Waals surface area contributed by atoms with Gasteiger partial charge >= 0.3 is 11.9 Å². The molecule has 0 aromatic carbocycles. The molecule has 0 aliphatic carbocycles. The molecule has 0 saturated heterocycles. The molecule has 0 aliphatic rings. The van der Waals surface area contributed by atoms with Crippen molar-refractivity contribution in [3.63, 3.8) is 0 Å². The van der Waals surface area contributed by atoms with E-state index in [0.29, 0.717) is 19.4 Å². The van der Waals surface area contributed by atoms with Crippen LogP contribution in [0.15, 0.2) is 72.9 Å². The SMILES string of the molecule is CC/C=C\C/C=C\C/C=C\CCCCCCCC(=O)OC(COCCCCCCCCCCCCCCCC)COC(=O)CCCCCCCC/C=C\C/C=C\C/C=C\CCCCC. The second kappa shape index (κ2) is 54.7. The van der Waals surface area contributed by atoms with Crippen molar-refractivity contribution in [1.82, 2.24) is 0 Å².